The average molecular weight is 363 g/mol. The van der Waals surface area contributed by atoms with Gasteiger partial charge in [0.15, 0.2) is 0 Å². The largest absolute Gasteiger partial charge is 0.494 e. The quantitative estimate of drug-likeness (QED) is 0.504. The second-order valence-electron chi connectivity index (χ2n) is 6.58. The number of benzene rings is 2. The van der Waals surface area contributed by atoms with Crippen LogP contribution in [0.4, 0.5) is 0 Å². The fourth-order valence-corrected chi connectivity index (χ4v) is 2.90. The van der Waals surface area contributed by atoms with Gasteiger partial charge in [-0.3, -0.25) is 4.79 Å². The van der Waals surface area contributed by atoms with Crippen molar-refractivity contribution in [3.8, 4) is 5.75 Å². The molecule has 0 aliphatic rings. The van der Waals surface area contributed by atoms with E-state index < -0.39 is 0 Å². The molecule has 0 saturated carbocycles. The lowest BCUT2D eigenvalue weighted by Gasteiger charge is -2.22. The molecule has 1 heterocycles. The summed E-state index contributed by atoms with van der Waals surface area (Å²) in [6, 6.07) is 21.7. The van der Waals surface area contributed by atoms with Gasteiger partial charge in [-0.2, -0.15) is 0 Å². The van der Waals surface area contributed by atoms with Crippen LogP contribution in [-0.2, 0) is 17.9 Å². The molecule has 4 nitrogen and oxygen atoms in total. The van der Waals surface area contributed by atoms with E-state index in [1.807, 2.05) is 78.6 Å². The normalized spacial score (nSPS) is 10.6. The number of hydrogen-bond acceptors (Lipinski definition) is 3. The molecule has 0 radical (unpaired) electrons. The fourth-order valence-electron chi connectivity index (χ4n) is 2.90. The standard InChI is InChI=1S/C23H25NO3/c1-19-8-5-11-21(16-19)26-15-7-13-23(25)24(18-22-12-6-14-27-22)17-20-9-3-2-4-10-20/h2-6,8-12,14,16H,7,13,15,17-18H2,1H3. The van der Waals surface area contributed by atoms with Gasteiger partial charge in [0.2, 0.25) is 5.91 Å². The molecular weight excluding hydrogens is 338 g/mol. The lowest BCUT2D eigenvalue weighted by Crippen LogP contribution is -2.30. The van der Waals surface area contributed by atoms with E-state index >= 15 is 0 Å². The topological polar surface area (TPSA) is 42.7 Å². The second kappa shape index (κ2) is 9.62. The molecule has 27 heavy (non-hydrogen) atoms. The van der Waals surface area contributed by atoms with Gasteiger partial charge in [-0.25, -0.2) is 0 Å². The Bertz CT molecular complexity index is 828. The van der Waals surface area contributed by atoms with E-state index in [1.165, 1.54) is 0 Å². The SMILES string of the molecule is Cc1cccc(OCCCC(=O)N(Cc2ccccc2)Cc2ccco2)c1. The predicted octanol–water partition coefficient (Wildman–Crippen LogP) is 4.98. The highest BCUT2D eigenvalue weighted by Gasteiger charge is 2.15. The molecule has 0 aliphatic carbocycles. The summed E-state index contributed by atoms with van der Waals surface area (Å²) in [6.07, 6.45) is 2.76. The number of rotatable bonds is 9. The number of furan rings is 1. The lowest BCUT2D eigenvalue weighted by molar-refractivity contribution is -0.133. The van der Waals surface area contributed by atoms with Crippen LogP contribution in [-0.4, -0.2) is 17.4 Å². The summed E-state index contributed by atoms with van der Waals surface area (Å²) < 4.78 is 11.2. The molecule has 140 valence electrons. The smallest absolute Gasteiger partial charge is 0.223 e. The van der Waals surface area contributed by atoms with Crippen LogP contribution in [0.1, 0.15) is 29.7 Å². The van der Waals surface area contributed by atoms with Crippen molar-refractivity contribution in [2.75, 3.05) is 6.61 Å². The molecule has 0 fully saturated rings. The molecule has 3 aromatic rings. The highest BCUT2D eigenvalue weighted by atomic mass is 16.5. The summed E-state index contributed by atoms with van der Waals surface area (Å²) in [7, 11) is 0. The van der Waals surface area contributed by atoms with Gasteiger partial charge in [-0.1, -0.05) is 42.5 Å². The van der Waals surface area contributed by atoms with Gasteiger partial charge in [-0.05, 0) is 48.7 Å². The van der Waals surface area contributed by atoms with E-state index in [2.05, 4.69) is 0 Å². The summed E-state index contributed by atoms with van der Waals surface area (Å²) in [6.45, 7) is 3.60. The van der Waals surface area contributed by atoms with Crippen LogP contribution in [0.15, 0.2) is 77.4 Å². The van der Waals surface area contributed by atoms with E-state index in [4.69, 9.17) is 9.15 Å². The molecule has 1 amide bonds. The summed E-state index contributed by atoms with van der Waals surface area (Å²) in [4.78, 5) is 14.6. The van der Waals surface area contributed by atoms with E-state index in [-0.39, 0.29) is 5.91 Å². The molecule has 0 atom stereocenters. The van der Waals surface area contributed by atoms with E-state index in [0.29, 0.717) is 32.5 Å². The lowest BCUT2D eigenvalue weighted by atomic mass is 10.2. The molecule has 4 heteroatoms. The Morgan fingerprint density at radius 1 is 1.00 bits per heavy atom. The molecule has 2 aromatic carbocycles. The minimum atomic E-state index is 0.100. The number of carbonyl (C=O) groups excluding carboxylic acids is 1. The summed E-state index contributed by atoms with van der Waals surface area (Å²) in [5, 5.41) is 0. The zero-order valence-corrected chi connectivity index (χ0v) is 15.6. The van der Waals surface area contributed by atoms with Crippen LogP contribution in [0.25, 0.3) is 0 Å². The first-order valence-electron chi connectivity index (χ1n) is 9.24. The van der Waals surface area contributed by atoms with Gasteiger partial charge in [0.25, 0.3) is 0 Å². The van der Waals surface area contributed by atoms with Crippen molar-refractivity contribution in [1.29, 1.82) is 0 Å². The van der Waals surface area contributed by atoms with Crippen LogP contribution in [0.2, 0.25) is 0 Å². The van der Waals surface area contributed by atoms with Crippen molar-refractivity contribution in [2.45, 2.75) is 32.9 Å². The zero-order valence-electron chi connectivity index (χ0n) is 15.6. The van der Waals surface area contributed by atoms with Crippen LogP contribution in [0, 0.1) is 6.92 Å². The fraction of sp³-hybridized carbons (Fsp3) is 0.261. The maximum absolute atomic E-state index is 12.8. The Kier molecular flexibility index (Phi) is 6.69. The van der Waals surface area contributed by atoms with Crippen LogP contribution < -0.4 is 4.74 Å². The Hall–Kier alpha value is -3.01. The molecule has 0 unspecified atom stereocenters. The van der Waals surface area contributed by atoms with Gasteiger partial charge >= 0.3 is 0 Å². The van der Waals surface area contributed by atoms with E-state index in [1.54, 1.807) is 6.26 Å². The van der Waals surface area contributed by atoms with E-state index in [9.17, 15) is 4.79 Å². The van der Waals surface area contributed by atoms with Crippen molar-refractivity contribution in [2.24, 2.45) is 0 Å². The molecule has 0 saturated heterocycles. The second-order valence-corrected chi connectivity index (χ2v) is 6.58. The number of aryl methyl sites for hydroxylation is 1. The summed E-state index contributed by atoms with van der Waals surface area (Å²) in [5.74, 6) is 1.73. The Balaban J connectivity index is 1.53. The minimum Gasteiger partial charge on any atom is -0.494 e. The van der Waals surface area contributed by atoms with Crippen molar-refractivity contribution in [1.82, 2.24) is 4.90 Å². The third-order valence-corrected chi connectivity index (χ3v) is 4.29. The molecule has 3 rings (SSSR count). The van der Waals surface area contributed by atoms with Crippen molar-refractivity contribution < 1.29 is 13.9 Å². The first-order valence-corrected chi connectivity index (χ1v) is 9.24. The Labute approximate surface area is 160 Å². The number of ether oxygens (including phenoxy) is 1. The van der Waals surface area contributed by atoms with E-state index in [0.717, 1.165) is 22.6 Å². The van der Waals surface area contributed by atoms with Crippen molar-refractivity contribution >= 4 is 5.91 Å². The van der Waals surface area contributed by atoms with Crippen LogP contribution >= 0.6 is 0 Å². The van der Waals surface area contributed by atoms with Gasteiger partial charge in [0.1, 0.15) is 11.5 Å². The van der Waals surface area contributed by atoms with Crippen LogP contribution in [0.3, 0.4) is 0 Å². The monoisotopic (exact) mass is 363 g/mol. The summed E-state index contributed by atoms with van der Waals surface area (Å²) >= 11 is 0. The van der Waals surface area contributed by atoms with Gasteiger partial charge in [0.05, 0.1) is 19.4 Å². The van der Waals surface area contributed by atoms with Gasteiger partial charge in [0, 0.05) is 13.0 Å². The molecule has 1 aromatic heterocycles. The molecule has 0 N–H and O–H groups in total. The zero-order chi connectivity index (χ0) is 18.9. The predicted molar refractivity (Wildman–Crippen MR) is 105 cm³/mol. The molecular formula is C23H25NO3. The van der Waals surface area contributed by atoms with Crippen molar-refractivity contribution in [3.63, 3.8) is 0 Å². The minimum absolute atomic E-state index is 0.100. The number of amides is 1. The third kappa shape index (κ3) is 6.03. The highest BCUT2D eigenvalue weighted by Crippen LogP contribution is 2.15. The maximum atomic E-state index is 12.8. The highest BCUT2D eigenvalue weighted by molar-refractivity contribution is 5.76. The Morgan fingerprint density at radius 2 is 1.85 bits per heavy atom. The first kappa shape index (κ1) is 18.8. The van der Waals surface area contributed by atoms with Crippen LogP contribution in [0.5, 0.6) is 5.75 Å². The first-order chi connectivity index (χ1) is 13.2. The summed E-state index contributed by atoms with van der Waals surface area (Å²) in [5.41, 5.74) is 2.27. The molecule has 0 spiro atoms. The molecule has 0 bridgehead atoms. The maximum Gasteiger partial charge on any atom is 0.223 e. The third-order valence-electron chi connectivity index (χ3n) is 4.29. The van der Waals surface area contributed by atoms with Crippen molar-refractivity contribution in [3.05, 3.63) is 89.9 Å². The average Bonchev–Trinajstić information content (AvgIpc) is 3.19. The number of nitrogens with zero attached hydrogens (tertiary/aromatic N) is 1. The van der Waals surface area contributed by atoms with Gasteiger partial charge in [-0.15, -0.1) is 0 Å². The number of carbonyl (C=O) groups is 1. The molecule has 0 aliphatic heterocycles. The van der Waals surface area contributed by atoms with Gasteiger partial charge < -0.3 is 14.1 Å². The Morgan fingerprint density at radius 3 is 2.59 bits per heavy atom. The number of hydrogen-bond donors (Lipinski definition) is 0.